The molecule has 0 atom stereocenters. The van der Waals surface area contributed by atoms with Gasteiger partial charge in [-0.05, 0) is 6.92 Å². The summed E-state index contributed by atoms with van der Waals surface area (Å²) in [5.41, 5.74) is 0.216. The van der Waals surface area contributed by atoms with Crippen molar-refractivity contribution in [3.63, 3.8) is 0 Å². The van der Waals surface area contributed by atoms with Gasteiger partial charge in [-0.1, -0.05) is 6.58 Å². The van der Waals surface area contributed by atoms with E-state index in [-0.39, 0.29) is 31.4 Å². The highest BCUT2D eigenvalue weighted by Crippen LogP contribution is 2.12. The van der Waals surface area contributed by atoms with E-state index in [9.17, 15) is 19.2 Å². The molecule has 0 N–H and O–H groups in total. The Morgan fingerprint density at radius 1 is 1.28 bits per heavy atom. The Morgan fingerprint density at radius 3 is 2.33 bits per heavy atom. The molecule has 0 aromatic carbocycles. The van der Waals surface area contributed by atoms with Gasteiger partial charge in [0.15, 0.2) is 0 Å². The summed E-state index contributed by atoms with van der Waals surface area (Å²) >= 11 is 0. The van der Waals surface area contributed by atoms with E-state index in [1.807, 2.05) is 0 Å². The smallest absolute Gasteiger partial charge is 0.336 e. The molecule has 0 unspecified atom stereocenters. The number of amides is 2. The minimum Gasteiger partial charge on any atom is -0.462 e. The number of nitrogens with zero attached hydrogens (tertiary/aromatic N) is 1. The van der Waals surface area contributed by atoms with Gasteiger partial charge in [-0.25, -0.2) is 9.59 Å². The molecule has 1 aliphatic rings. The highest BCUT2D eigenvalue weighted by molar-refractivity contribution is 6.01. The van der Waals surface area contributed by atoms with Crippen molar-refractivity contribution in [3.05, 3.63) is 12.2 Å². The first-order valence-electron chi connectivity index (χ1n) is 5.31. The van der Waals surface area contributed by atoms with Crippen LogP contribution in [0.1, 0.15) is 26.2 Å². The van der Waals surface area contributed by atoms with E-state index in [0.717, 1.165) is 0 Å². The maximum Gasteiger partial charge on any atom is 0.336 e. The second-order valence-electron chi connectivity index (χ2n) is 3.71. The van der Waals surface area contributed by atoms with E-state index in [1.165, 1.54) is 6.92 Å². The van der Waals surface area contributed by atoms with Gasteiger partial charge in [-0.3, -0.25) is 9.59 Å². The lowest BCUT2D eigenvalue weighted by Crippen LogP contribution is -2.32. The van der Waals surface area contributed by atoms with Crippen LogP contribution in [0.15, 0.2) is 12.2 Å². The van der Waals surface area contributed by atoms with Gasteiger partial charge in [0.2, 0.25) is 0 Å². The molecule has 0 radical (unpaired) electrons. The van der Waals surface area contributed by atoms with Crippen LogP contribution in [0, 0.1) is 0 Å². The minimum atomic E-state index is -0.812. The Hall–Kier alpha value is -2.18. The van der Waals surface area contributed by atoms with Gasteiger partial charge in [-0.2, -0.15) is 0 Å². The first-order chi connectivity index (χ1) is 8.41. The minimum absolute atomic E-state index is 0.0385. The molecule has 1 fully saturated rings. The fourth-order valence-corrected chi connectivity index (χ4v) is 1.16. The molecule has 0 aromatic rings. The SMILES string of the molecule is C=C(C)C(=O)OCCC(=O)ON1C(=O)CCC1=O. The normalized spacial score (nSPS) is 14.6. The topological polar surface area (TPSA) is 90.0 Å². The Morgan fingerprint density at radius 2 is 1.83 bits per heavy atom. The van der Waals surface area contributed by atoms with Crippen molar-refractivity contribution in [2.75, 3.05) is 6.61 Å². The van der Waals surface area contributed by atoms with Crippen LogP contribution in [-0.4, -0.2) is 35.4 Å². The summed E-state index contributed by atoms with van der Waals surface area (Å²) in [6.45, 7) is 4.65. The number of esters is 1. The van der Waals surface area contributed by atoms with E-state index in [2.05, 4.69) is 16.2 Å². The highest BCUT2D eigenvalue weighted by atomic mass is 16.7. The van der Waals surface area contributed by atoms with Gasteiger partial charge < -0.3 is 9.57 Å². The lowest BCUT2D eigenvalue weighted by atomic mass is 10.4. The van der Waals surface area contributed by atoms with E-state index in [4.69, 9.17) is 0 Å². The fourth-order valence-electron chi connectivity index (χ4n) is 1.16. The Labute approximate surface area is 103 Å². The molecule has 0 aromatic heterocycles. The van der Waals surface area contributed by atoms with E-state index >= 15 is 0 Å². The first-order valence-corrected chi connectivity index (χ1v) is 5.31. The van der Waals surface area contributed by atoms with E-state index in [0.29, 0.717) is 5.06 Å². The maximum absolute atomic E-state index is 11.3. The maximum atomic E-state index is 11.3. The van der Waals surface area contributed by atoms with Gasteiger partial charge in [0.05, 0.1) is 6.42 Å². The molecular weight excluding hydrogens is 242 g/mol. The third-order valence-electron chi connectivity index (χ3n) is 2.09. The summed E-state index contributed by atoms with van der Waals surface area (Å²) in [7, 11) is 0. The predicted octanol–water partition coefficient (Wildman–Crippen LogP) is 0.103. The fraction of sp³-hybridized carbons (Fsp3) is 0.455. The van der Waals surface area contributed by atoms with Crippen LogP contribution in [0.5, 0.6) is 0 Å². The molecule has 2 amide bonds. The zero-order valence-corrected chi connectivity index (χ0v) is 9.93. The van der Waals surface area contributed by atoms with Crippen LogP contribution in [0.3, 0.4) is 0 Å². The second-order valence-corrected chi connectivity index (χ2v) is 3.71. The average molecular weight is 255 g/mol. The number of ether oxygens (including phenoxy) is 1. The van der Waals surface area contributed by atoms with Crippen molar-refractivity contribution in [1.29, 1.82) is 0 Å². The standard InChI is InChI=1S/C11H13NO6/c1-7(2)11(16)17-6-5-10(15)18-12-8(13)3-4-9(12)14/h1,3-6H2,2H3. The van der Waals surface area contributed by atoms with E-state index in [1.54, 1.807) is 0 Å². The van der Waals surface area contributed by atoms with E-state index < -0.39 is 23.8 Å². The highest BCUT2D eigenvalue weighted by Gasteiger charge is 2.32. The summed E-state index contributed by atoms with van der Waals surface area (Å²) in [5, 5.41) is 0.447. The molecule has 7 heteroatoms. The average Bonchev–Trinajstić information content (AvgIpc) is 2.60. The number of rotatable bonds is 5. The molecule has 98 valence electrons. The van der Waals surface area contributed by atoms with Crippen LogP contribution >= 0.6 is 0 Å². The number of hydrogen-bond acceptors (Lipinski definition) is 6. The van der Waals surface area contributed by atoms with Gasteiger partial charge in [-0.15, -0.1) is 5.06 Å². The molecule has 1 heterocycles. The molecule has 18 heavy (non-hydrogen) atoms. The quantitative estimate of drug-likeness (QED) is 0.393. The van der Waals surface area contributed by atoms with Crippen molar-refractivity contribution < 1.29 is 28.8 Å². The van der Waals surface area contributed by atoms with Crippen molar-refractivity contribution >= 4 is 23.8 Å². The Kier molecular flexibility index (Phi) is 4.59. The lowest BCUT2D eigenvalue weighted by Gasteiger charge is -2.12. The van der Waals surface area contributed by atoms with Crippen molar-refractivity contribution in [2.24, 2.45) is 0 Å². The van der Waals surface area contributed by atoms with Gasteiger partial charge in [0.1, 0.15) is 6.61 Å². The number of carbonyl (C=O) groups is 4. The second kappa shape index (κ2) is 5.95. The molecular formula is C11H13NO6. The number of hydrogen-bond donors (Lipinski definition) is 0. The molecule has 0 saturated carbocycles. The third-order valence-corrected chi connectivity index (χ3v) is 2.09. The zero-order valence-electron chi connectivity index (χ0n) is 9.93. The largest absolute Gasteiger partial charge is 0.462 e. The summed E-state index contributed by atoms with van der Waals surface area (Å²) in [6, 6.07) is 0. The molecule has 0 bridgehead atoms. The number of carbonyl (C=O) groups excluding carboxylic acids is 4. The third kappa shape index (κ3) is 3.69. The van der Waals surface area contributed by atoms with Gasteiger partial charge in [0.25, 0.3) is 11.8 Å². The first kappa shape index (κ1) is 13.9. The van der Waals surface area contributed by atoms with Crippen LogP contribution < -0.4 is 0 Å². The molecule has 1 saturated heterocycles. The van der Waals surface area contributed by atoms with Crippen LogP contribution in [0.2, 0.25) is 0 Å². The van der Waals surface area contributed by atoms with Crippen molar-refractivity contribution in [2.45, 2.75) is 26.2 Å². The monoisotopic (exact) mass is 255 g/mol. The van der Waals surface area contributed by atoms with Crippen LogP contribution in [0.4, 0.5) is 0 Å². The molecule has 0 aliphatic carbocycles. The molecule has 1 aliphatic heterocycles. The predicted molar refractivity (Wildman–Crippen MR) is 57.6 cm³/mol. The van der Waals surface area contributed by atoms with Crippen molar-refractivity contribution in [3.8, 4) is 0 Å². The molecule has 1 rings (SSSR count). The Bertz CT molecular complexity index is 398. The zero-order chi connectivity index (χ0) is 13.7. The summed E-state index contributed by atoms with van der Waals surface area (Å²) in [5.74, 6) is -2.52. The summed E-state index contributed by atoms with van der Waals surface area (Å²) < 4.78 is 4.66. The van der Waals surface area contributed by atoms with Crippen molar-refractivity contribution in [1.82, 2.24) is 5.06 Å². The number of imide groups is 1. The lowest BCUT2D eigenvalue weighted by molar-refractivity contribution is -0.198. The Balaban J connectivity index is 2.30. The number of hydroxylamine groups is 2. The van der Waals surface area contributed by atoms with Gasteiger partial charge >= 0.3 is 11.9 Å². The summed E-state index contributed by atoms with van der Waals surface area (Å²) in [6.07, 6.45) is -0.163. The van der Waals surface area contributed by atoms with Crippen LogP contribution in [0.25, 0.3) is 0 Å². The molecule has 0 spiro atoms. The van der Waals surface area contributed by atoms with Gasteiger partial charge in [0, 0.05) is 18.4 Å². The van der Waals surface area contributed by atoms with Crippen LogP contribution in [-0.2, 0) is 28.8 Å². The summed E-state index contributed by atoms with van der Waals surface area (Å²) in [4.78, 5) is 49.0. The molecule has 7 nitrogen and oxygen atoms in total.